The molecule has 0 fully saturated rings. The van der Waals surface area contributed by atoms with E-state index in [-0.39, 0.29) is 19.4 Å². The third kappa shape index (κ3) is 6.42. The zero-order valence-corrected chi connectivity index (χ0v) is 11.5. The maximum absolute atomic E-state index is 11.6. The fraction of sp³-hybridized carbons (Fsp3) is 0.357. The van der Waals surface area contributed by atoms with Gasteiger partial charge in [0.15, 0.2) is 0 Å². The van der Waals surface area contributed by atoms with Crippen LogP contribution in [-0.2, 0) is 25.7 Å². The Bertz CT molecular complexity index is 487. The molecule has 0 radical (unpaired) electrons. The normalized spacial score (nSPS) is 11.3. The largest absolute Gasteiger partial charge is 0.550 e. The van der Waals surface area contributed by atoms with Crippen LogP contribution in [0.4, 0.5) is 4.79 Å². The van der Waals surface area contributed by atoms with E-state index in [4.69, 9.17) is 4.74 Å². The first-order chi connectivity index (χ1) is 10.0. The Balaban J connectivity index is 2.47. The van der Waals surface area contributed by atoms with Gasteiger partial charge >= 0.3 is 12.1 Å². The van der Waals surface area contributed by atoms with Crippen LogP contribution >= 0.6 is 0 Å². The molecule has 0 unspecified atom stereocenters. The van der Waals surface area contributed by atoms with E-state index < -0.39 is 24.1 Å². The molecule has 21 heavy (non-hydrogen) atoms. The number of hydrogen-bond donors (Lipinski definition) is 1. The quantitative estimate of drug-likeness (QED) is 0.709. The smallest absolute Gasteiger partial charge is 0.408 e. The summed E-state index contributed by atoms with van der Waals surface area (Å²) in [7, 11) is 1.14. The van der Waals surface area contributed by atoms with Crippen molar-refractivity contribution in [1.29, 1.82) is 0 Å². The third-order valence-corrected chi connectivity index (χ3v) is 2.63. The second-order valence-corrected chi connectivity index (χ2v) is 4.19. The molecule has 1 rings (SSSR count). The van der Waals surface area contributed by atoms with Gasteiger partial charge in [-0.05, 0) is 18.4 Å². The van der Waals surface area contributed by atoms with Crippen molar-refractivity contribution in [1.82, 2.24) is 5.32 Å². The number of rotatable bonds is 7. The summed E-state index contributed by atoms with van der Waals surface area (Å²) < 4.78 is 9.42. The number of carboxylic acids is 1. The molecule has 1 amide bonds. The maximum atomic E-state index is 11.6. The predicted molar refractivity (Wildman–Crippen MR) is 69.8 cm³/mol. The van der Waals surface area contributed by atoms with Crippen molar-refractivity contribution < 1.29 is 29.0 Å². The van der Waals surface area contributed by atoms with Crippen LogP contribution in [0, 0.1) is 0 Å². The van der Waals surface area contributed by atoms with Crippen LogP contribution in [0.1, 0.15) is 18.4 Å². The number of ether oxygens (including phenoxy) is 2. The SMILES string of the molecule is COC(=O)[C@@H](CCC(=O)[O-])NC(=O)OCc1ccccc1. The molecule has 1 atom stereocenters. The summed E-state index contributed by atoms with van der Waals surface area (Å²) >= 11 is 0. The molecule has 0 heterocycles. The van der Waals surface area contributed by atoms with Gasteiger partial charge in [0.2, 0.25) is 0 Å². The predicted octanol–water partition coefficient (Wildman–Crippen LogP) is -0.0155. The second kappa shape index (κ2) is 8.57. The van der Waals surface area contributed by atoms with Gasteiger partial charge in [-0.25, -0.2) is 9.59 Å². The Morgan fingerprint density at radius 3 is 2.48 bits per heavy atom. The summed E-state index contributed by atoms with van der Waals surface area (Å²) in [5.74, 6) is -2.06. The number of methoxy groups -OCH3 is 1. The molecule has 0 bridgehead atoms. The van der Waals surface area contributed by atoms with Crippen molar-refractivity contribution in [3.8, 4) is 0 Å². The molecule has 1 aromatic carbocycles. The Morgan fingerprint density at radius 2 is 1.90 bits per heavy atom. The number of hydrogen-bond acceptors (Lipinski definition) is 6. The van der Waals surface area contributed by atoms with Crippen molar-refractivity contribution in [2.75, 3.05) is 7.11 Å². The fourth-order valence-corrected chi connectivity index (χ4v) is 1.56. The highest BCUT2D eigenvalue weighted by molar-refractivity contribution is 5.81. The highest BCUT2D eigenvalue weighted by Crippen LogP contribution is 2.03. The van der Waals surface area contributed by atoms with Crippen LogP contribution in [-0.4, -0.2) is 31.2 Å². The number of alkyl carbamates (subject to hydrolysis) is 1. The molecule has 0 saturated carbocycles. The molecular formula is C14H16NO6-. The van der Waals surface area contributed by atoms with Gasteiger partial charge in [0.1, 0.15) is 12.6 Å². The molecular weight excluding hydrogens is 278 g/mol. The van der Waals surface area contributed by atoms with Gasteiger partial charge in [0, 0.05) is 5.97 Å². The summed E-state index contributed by atoms with van der Waals surface area (Å²) in [6.45, 7) is 0.0427. The van der Waals surface area contributed by atoms with E-state index in [9.17, 15) is 19.5 Å². The standard InChI is InChI=1S/C14H17NO6/c1-20-13(18)11(7-8-12(16)17)15-14(19)21-9-10-5-3-2-4-6-10/h2-6,11H,7-9H2,1H3,(H,15,19)(H,16,17)/p-1/t11-/m1/s1. The summed E-state index contributed by atoms with van der Waals surface area (Å²) in [6, 6.07) is 7.90. The Kier molecular flexibility index (Phi) is 6.73. The summed E-state index contributed by atoms with van der Waals surface area (Å²) in [5, 5.41) is 12.7. The number of aliphatic carboxylic acids is 1. The first-order valence-electron chi connectivity index (χ1n) is 6.28. The van der Waals surface area contributed by atoms with E-state index in [2.05, 4.69) is 10.1 Å². The maximum Gasteiger partial charge on any atom is 0.408 e. The molecule has 0 aliphatic carbocycles. The summed E-state index contributed by atoms with van der Waals surface area (Å²) in [5.41, 5.74) is 0.789. The zero-order valence-electron chi connectivity index (χ0n) is 11.5. The van der Waals surface area contributed by atoms with Crippen LogP contribution < -0.4 is 10.4 Å². The summed E-state index contributed by atoms with van der Waals surface area (Å²) in [6.07, 6.45) is -1.33. The Labute approximate surface area is 121 Å². The average Bonchev–Trinajstić information content (AvgIpc) is 2.49. The number of carboxylic acid groups (broad SMARTS) is 1. The Morgan fingerprint density at radius 1 is 1.24 bits per heavy atom. The van der Waals surface area contributed by atoms with Gasteiger partial charge in [-0.15, -0.1) is 0 Å². The van der Waals surface area contributed by atoms with Crippen molar-refractivity contribution in [2.45, 2.75) is 25.5 Å². The summed E-state index contributed by atoms with van der Waals surface area (Å²) in [4.78, 5) is 33.4. The highest BCUT2D eigenvalue weighted by Gasteiger charge is 2.21. The van der Waals surface area contributed by atoms with Crippen molar-refractivity contribution in [2.24, 2.45) is 0 Å². The molecule has 0 aliphatic rings. The van der Waals surface area contributed by atoms with Gasteiger partial charge in [0.25, 0.3) is 0 Å². The number of esters is 1. The molecule has 0 spiro atoms. The van der Waals surface area contributed by atoms with E-state index in [1.807, 2.05) is 6.07 Å². The molecule has 0 aliphatic heterocycles. The first-order valence-corrected chi connectivity index (χ1v) is 6.28. The first kappa shape index (κ1) is 16.5. The number of nitrogens with one attached hydrogen (secondary N) is 1. The van der Waals surface area contributed by atoms with Crippen LogP contribution in [0.5, 0.6) is 0 Å². The van der Waals surface area contributed by atoms with E-state index >= 15 is 0 Å². The van der Waals surface area contributed by atoms with Gasteiger partial charge in [0.05, 0.1) is 7.11 Å². The van der Waals surface area contributed by atoms with Gasteiger partial charge in [-0.3, -0.25) is 0 Å². The number of carbonyl (C=O) groups excluding carboxylic acids is 3. The van der Waals surface area contributed by atoms with Crippen molar-refractivity contribution >= 4 is 18.0 Å². The van der Waals surface area contributed by atoms with Crippen molar-refractivity contribution in [3.05, 3.63) is 35.9 Å². The fourth-order valence-electron chi connectivity index (χ4n) is 1.56. The number of carbonyl (C=O) groups is 3. The lowest BCUT2D eigenvalue weighted by Crippen LogP contribution is -2.42. The third-order valence-electron chi connectivity index (χ3n) is 2.63. The van der Waals surface area contributed by atoms with E-state index in [0.29, 0.717) is 0 Å². The lowest BCUT2D eigenvalue weighted by Gasteiger charge is -2.16. The zero-order chi connectivity index (χ0) is 15.7. The lowest BCUT2D eigenvalue weighted by molar-refractivity contribution is -0.305. The van der Waals surface area contributed by atoms with E-state index in [0.717, 1.165) is 12.7 Å². The second-order valence-electron chi connectivity index (χ2n) is 4.19. The molecule has 114 valence electrons. The van der Waals surface area contributed by atoms with Crippen LogP contribution in [0.25, 0.3) is 0 Å². The minimum Gasteiger partial charge on any atom is -0.550 e. The highest BCUT2D eigenvalue weighted by atomic mass is 16.6. The molecule has 1 aromatic rings. The molecule has 0 saturated heterocycles. The minimum atomic E-state index is -1.32. The lowest BCUT2D eigenvalue weighted by atomic mass is 10.1. The van der Waals surface area contributed by atoms with Crippen molar-refractivity contribution in [3.63, 3.8) is 0 Å². The van der Waals surface area contributed by atoms with Crippen LogP contribution in [0.3, 0.4) is 0 Å². The topological polar surface area (TPSA) is 105 Å². The minimum absolute atomic E-state index is 0.0427. The van der Waals surface area contributed by atoms with E-state index in [1.165, 1.54) is 0 Å². The van der Waals surface area contributed by atoms with Gasteiger partial charge < -0.3 is 24.7 Å². The molecule has 7 nitrogen and oxygen atoms in total. The number of benzene rings is 1. The average molecular weight is 294 g/mol. The van der Waals surface area contributed by atoms with E-state index in [1.54, 1.807) is 24.3 Å². The van der Waals surface area contributed by atoms with Gasteiger partial charge in [-0.2, -0.15) is 0 Å². The molecule has 7 heteroatoms. The number of amides is 1. The van der Waals surface area contributed by atoms with Crippen LogP contribution in [0.15, 0.2) is 30.3 Å². The molecule has 1 N–H and O–H groups in total. The molecule has 0 aromatic heterocycles. The monoisotopic (exact) mass is 294 g/mol. The van der Waals surface area contributed by atoms with Gasteiger partial charge in [-0.1, -0.05) is 30.3 Å². The van der Waals surface area contributed by atoms with Crippen LogP contribution in [0.2, 0.25) is 0 Å². The Hall–Kier alpha value is -2.57.